The zero-order valence-corrected chi connectivity index (χ0v) is 19.4. The molecule has 7 heteroatoms. The van der Waals surface area contributed by atoms with E-state index in [0.717, 1.165) is 30.6 Å². The highest BCUT2D eigenvalue weighted by Gasteiger charge is 2.45. The molecule has 2 saturated carbocycles. The van der Waals surface area contributed by atoms with Crippen LogP contribution in [0, 0.1) is 29.1 Å². The van der Waals surface area contributed by atoms with Crippen molar-refractivity contribution in [1.29, 1.82) is 0 Å². The average molecular weight is 433 g/mol. The van der Waals surface area contributed by atoms with E-state index in [2.05, 4.69) is 17.5 Å². The second kappa shape index (κ2) is 8.64. The monoisotopic (exact) mass is 432 g/mol. The Bertz CT molecular complexity index is 680. The maximum Gasteiger partial charge on any atom is 0.233 e. The van der Waals surface area contributed by atoms with Crippen LogP contribution in [0.3, 0.4) is 0 Å². The standard InChI is InChI=1S/C24H40N4O3/c1-24(15-31-16-24)23(30)28-11-9-27(10-12-28)22(29)18-5-3-17(4-6-18)19-7-8-20-14-26(2)25-21(20)13-19/h17-21,25H,3-16H2,1-2H3. The first-order chi connectivity index (χ1) is 14.9. The van der Waals surface area contributed by atoms with Crippen LogP contribution in [0.2, 0.25) is 0 Å². The minimum Gasteiger partial charge on any atom is -0.379 e. The molecule has 1 N–H and O–H groups in total. The Morgan fingerprint density at radius 2 is 1.48 bits per heavy atom. The van der Waals surface area contributed by atoms with E-state index in [9.17, 15) is 9.59 Å². The smallest absolute Gasteiger partial charge is 0.233 e. The van der Waals surface area contributed by atoms with Gasteiger partial charge in [-0.1, -0.05) is 0 Å². The normalized spacial score (nSPS) is 38.5. The van der Waals surface area contributed by atoms with Gasteiger partial charge in [-0.15, -0.1) is 0 Å². The third-order valence-corrected chi connectivity index (χ3v) is 8.95. The quantitative estimate of drug-likeness (QED) is 0.736. The number of fused-ring (bicyclic) bond motifs is 1. The van der Waals surface area contributed by atoms with Crippen molar-refractivity contribution in [2.75, 3.05) is 53.0 Å². The van der Waals surface area contributed by atoms with Crippen LogP contribution in [0.15, 0.2) is 0 Å². The molecule has 0 radical (unpaired) electrons. The van der Waals surface area contributed by atoms with Crippen LogP contribution in [0.5, 0.6) is 0 Å². The van der Waals surface area contributed by atoms with Crippen molar-refractivity contribution < 1.29 is 14.3 Å². The van der Waals surface area contributed by atoms with Crippen LogP contribution in [0.25, 0.3) is 0 Å². The minimum absolute atomic E-state index is 0.197. The molecule has 5 aliphatic rings. The lowest BCUT2D eigenvalue weighted by atomic mass is 9.68. The molecular weight excluding hydrogens is 392 g/mol. The topological polar surface area (TPSA) is 65.1 Å². The van der Waals surface area contributed by atoms with Gasteiger partial charge in [-0.2, -0.15) is 0 Å². The zero-order chi connectivity index (χ0) is 21.6. The number of carbonyl (C=O) groups excluding carboxylic acids is 2. The predicted molar refractivity (Wildman–Crippen MR) is 118 cm³/mol. The number of piperazine rings is 1. The van der Waals surface area contributed by atoms with Crippen LogP contribution in [0.4, 0.5) is 0 Å². The van der Waals surface area contributed by atoms with E-state index in [1.165, 1.54) is 38.6 Å². The molecule has 3 atom stereocenters. The summed E-state index contributed by atoms with van der Waals surface area (Å²) in [6, 6.07) is 0.677. The summed E-state index contributed by atoms with van der Waals surface area (Å²) < 4.78 is 5.25. The van der Waals surface area contributed by atoms with Gasteiger partial charge in [0.05, 0.1) is 18.6 Å². The van der Waals surface area contributed by atoms with E-state index in [0.29, 0.717) is 51.3 Å². The highest BCUT2D eigenvalue weighted by molar-refractivity contribution is 5.84. The van der Waals surface area contributed by atoms with Gasteiger partial charge in [0.2, 0.25) is 11.8 Å². The molecule has 3 heterocycles. The fraction of sp³-hybridized carbons (Fsp3) is 0.917. The van der Waals surface area contributed by atoms with E-state index in [1.807, 2.05) is 16.7 Å². The Morgan fingerprint density at radius 3 is 2.13 bits per heavy atom. The lowest BCUT2D eigenvalue weighted by molar-refractivity contribution is -0.171. The maximum atomic E-state index is 13.1. The number of nitrogens with zero attached hydrogens (tertiary/aromatic N) is 3. The van der Waals surface area contributed by atoms with Gasteiger partial charge in [0.1, 0.15) is 0 Å². The maximum absolute atomic E-state index is 13.1. The number of hydrogen-bond acceptors (Lipinski definition) is 5. The Balaban J connectivity index is 1.07. The molecule has 174 valence electrons. The number of rotatable bonds is 3. The van der Waals surface area contributed by atoms with Crippen molar-refractivity contribution in [2.24, 2.45) is 29.1 Å². The largest absolute Gasteiger partial charge is 0.379 e. The molecule has 5 fully saturated rings. The summed E-state index contributed by atoms with van der Waals surface area (Å²) in [5.74, 6) is 3.21. The molecule has 7 nitrogen and oxygen atoms in total. The summed E-state index contributed by atoms with van der Waals surface area (Å²) >= 11 is 0. The molecule has 3 unspecified atom stereocenters. The Labute approximate surface area is 186 Å². The van der Waals surface area contributed by atoms with Gasteiger partial charge < -0.3 is 14.5 Å². The van der Waals surface area contributed by atoms with E-state index >= 15 is 0 Å². The minimum atomic E-state index is -0.340. The second-order valence-electron chi connectivity index (χ2n) is 11.2. The van der Waals surface area contributed by atoms with Crippen molar-refractivity contribution in [1.82, 2.24) is 20.2 Å². The van der Waals surface area contributed by atoms with Crippen LogP contribution in [0.1, 0.15) is 51.9 Å². The van der Waals surface area contributed by atoms with Crippen molar-refractivity contribution >= 4 is 11.8 Å². The highest BCUT2D eigenvalue weighted by atomic mass is 16.5. The van der Waals surface area contributed by atoms with E-state index in [-0.39, 0.29) is 17.2 Å². The van der Waals surface area contributed by atoms with E-state index < -0.39 is 0 Å². The molecule has 0 spiro atoms. The van der Waals surface area contributed by atoms with Crippen molar-refractivity contribution in [3.8, 4) is 0 Å². The number of carbonyl (C=O) groups is 2. The fourth-order valence-electron chi connectivity index (χ4n) is 6.90. The summed E-state index contributed by atoms with van der Waals surface area (Å²) in [6.45, 7) is 6.96. The fourth-order valence-corrected chi connectivity index (χ4v) is 6.90. The summed E-state index contributed by atoms with van der Waals surface area (Å²) in [6.07, 6.45) is 8.58. The van der Waals surface area contributed by atoms with Crippen LogP contribution in [-0.2, 0) is 14.3 Å². The molecular formula is C24H40N4O3. The molecule has 0 bridgehead atoms. The molecule has 0 aromatic rings. The summed E-state index contributed by atoms with van der Waals surface area (Å²) in [5, 5.41) is 2.28. The molecule has 2 aliphatic carbocycles. The highest BCUT2D eigenvalue weighted by Crippen LogP contribution is 2.43. The molecule has 5 rings (SSSR count). The van der Waals surface area contributed by atoms with Gasteiger partial charge in [-0.25, -0.2) is 5.01 Å². The number of ether oxygens (including phenoxy) is 1. The van der Waals surface area contributed by atoms with Crippen LogP contribution >= 0.6 is 0 Å². The third kappa shape index (κ3) is 4.25. The van der Waals surface area contributed by atoms with Crippen molar-refractivity contribution in [2.45, 2.75) is 57.9 Å². The van der Waals surface area contributed by atoms with Gasteiger partial charge in [0.25, 0.3) is 0 Å². The number of amides is 2. The lowest BCUT2D eigenvalue weighted by Gasteiger charge is -2.44. The van der Waals surface area contributed by atoms with Gasteiger partial charge in [-0.3, -0.25) is 15.0 Å². The molecule has 0 aromatic carbocycles. The SMILES string of the molecule is CN1CC2CCC(C3CCC(C(=O)N4CCN(C(=O)C5(C)COC5)CC4)CC3)CC2N1. The molecule has 0 aromatic heterocycles. The summed E-state index contributed by atoms with van der Waals surface area (Å²) in [5.41, 5.74) is 3.32. The number of hydrogen-bond donors (Lipinski definition) is 1. The molecule has 2 amide bonds. The third-order valence-electron chi connectivity index (χ3n) is 8.95. The number of nitrogens with one attached hydrogen (secondary N) is 1. The van der Waals surface area contributed by atoms with Gasteiger partial charge >= 0.3 is 0 Å². The predicted octanol–water partition coefficient (Wildman–Crippen LogP) is 1.74. The van der Waals surface area contributed by atoms with Crippen LogP contribution in [-0.4, -0.2) is 85.7 Å². The first-order valence-corrected chi connectivity index (χ1v) is 12.6. The van der Waals surface area contributed by atoms with E-state index in [1.54, 1.807) is 0 Å². The van der Waals surface area contributed by atoms with Gasteiger partial charge in [0.15, 0.2) is 0 Å². The lowest BCUT2D eigenvalue weighted by Crippen LogP contribution is -2.59. The van der Waals surface area contributed by atoms with Crippen LogP contribution < -0.4 is 5.43 Å². The average Bonchev–Trinajstić information content (AvgIpc) is 3.16. The molecule has 3 saturated heterocycles. The zero-order valence-electron chi connectivity index (χ0n) is 19.4. The molecule has 3 aliphatic heterocycles. The Morgan fingerprint density at radius 1 is 0.871 bits per heavy atom. The first-order valence-electron chi connectivity index (χ1n) is 12.6. The van der Waals surface area contributed by atoms with Crippen molar-refractivity contribution in [3.05, 3.63) is 0 Å². The van der Waals surface area contributed by atoms with Gasteiger partial charge in [0, 0.05) is 51.7 Å². The first kappa shape index (κ1) is 21.7. The second-order valence-corrected chi connectivity index (χ2v) is 11.2. The van der Waals surface area contributed by atoms with E-state index in [4.69, 9.17) is 4.74 Å². The number of hydrazine groups is 1. The summed E-state index contributed by atoms with van der Waals surface area (Å²) in [4.78, 5) is 29.8. The van der Waals surface area contributed by atoms with Crippen molar-refractivity contribution in [3.63, 3.8) is 0 Å². The molecule has 31 heavy (non-hydrogen) atoms. The van der Waals surface area contributed by atoms with Gasteiger partial charge in [-0.05, 0) is 69.6 Å². The summed E-state index contributed by atoms with van der Waals surface area (Å²) in [7, 11) is 2.17. The Hall–Kier alpha value is -1.18. The Kier molecular flexibility index (Phi) is 6.03.